The smallest absolute Gasteiger partial charge is 0.243 e. The monoisotopic (exact) mass is 294 g/mol. The normalized spacial score (nSPS) is 11.8. The van der Waals surface area contributed by atoms with Crippen molar-refractivity contribution in [1.29, 1.82) is 0 Å². The zero-order chi connectivity index (χ0) is 14.8. The maximum absolute atomic E-state index is 12.9. The maximum Gasteiger partial charge on any atom is 0.243 e. The maximum atomic E-state index is 12.9. The van der Waals surface area contributed by atoms with Crippen molar-refractivity contribution >= 4 is 15.7 Å². The van der Waals surface area contributed by atoms with Crippen LogP contribution in [-0.4, -0.2) is 19.8 Å². The Morgan fingerprint density at radius 3 is 2.30 bits per heavy atom. The highest BCUT2D eigenvalue weighted by Gasteiger charge is 2.21. The number of sulfonamides is 1. The van der Waals surface area contributed by atoms with E-state index in [1.165, 1.54) is 23.5 Å². The third kappa shape index (κ3) is 2.97. The van der Waals surface area contributed by atoms with Crippen LogP contribution in [0.15, 0.2) is 53.4 Å². The fourth-order valence-electron chi connectivity index (χ4n) is 1.79. The molecule has 2 rings (SSSR count). The Morgan fingerprint density at radius 1 is 1.10 bits per heavy atom. The molecule has 0 atom stereocenters. The van der Waals surface area contributed by atoms with Crippen LogP contribution < -0.4 is 5.73 Å². The first-order chi connectivity index (χ1) is 9.41. The van der Waals surface area contributed by atoms with E-state index in [9.17, 15) is 12.8 Å². The van der Waals surface area contributed by atoms with E-state index in [0.29, 0.717) is 5.69 Å². The van der Waals surface area contributed by atoms with E-state index in [1.807, 2.05) is 0 Å². The fraction of sp³-hybridized carbons (Fsp3) is 0.143. The summed E-state index contributed by atoms with van der Waals surface area (Å²) in [4.78, 5) is 0.0518. The predicted octanol–water partition coefficient (Wildman–Crippen LogP) is 2.23. The van der Waals surface area contributed by atoms with E-state index < -0.39 is 15.8 Å². The summed E-state index contributed by atoms with van der Waals surface area (Å²) in [5, 5.41) is 0. The number of para-hydroxylation sites is 1. The lowest BCUT2D eigenvalue weighted by molar-refractivity contribution is 0.467. The third-order valence-electron chi connectivity index (χ3n) is 2.97. The van der Waals surface area contributed by atoms with E-state index in [0.717, 1.165) is 17.7 Å². The molecule has 0 saturated carbocycles. The van der Waals surface area contributed by atoms with Gasteiger partial charge in [0, 0.05) is 19.3 Å². The van der Waals surface area contributed by atoms with Crippen LogP contribution >= 0.6 is 0 Å². The number of hydrogen-bond donors (Lipinski definition) is 1. The summed E-state index contributed by atoms with van der Waals surface area (Å²) in [6.07, 6.45) is 0. The predicted molar refractivity (Wildman–Crippen MR) is 75.9 cm³/mol. The summed E-state index contributed by atoms with van der Waals surface area (Å²) in [5.41, 5.74) is 7.06. The van der Waals surface area contributed by atoms with Crippen LogP contribution in [0.4, 0.5) is 10.1 Å². The van der Waals surface area contributed by atoms with E-state index in [-0.39, 0.29) is 11.4 Å². The lowest BCUT2D eigenvalue weighted by atomic mass is 10.2. The number of rotatable bonds is 4. The number of hydrogen-bond acceptors (Lipinski definition) is 3. The minimum Gasteiger partial charge on any atom is -0.398 e. The highest BCUT2D eigenvalue weighted by Crippen LogP contribution is 2.19. The zero-order valence-electron chi connectivity index (χ0n) is 11.0. The highest BCUT2D eigenvalue weighted by molar-refractivity contribution is 7.89. The van der Waals surface area contributed by atoms with Crippen LogP contribution in [0.1, 0.15) is 5.56 Å². The van der Waals surface area contributed by atoms with Gasteiger partial charge in [0.1, 0.15) is 5.82 Å². The number of nitrogens with zero attached hydrogens (tertiary/aromatic N) is 1. The molecule has 4 nitrogen and oxygen atoms in total. The highest BCUT2D eigenvalue weighted by atomic mass is 32.2. The number of anilines is 1. The first-order valence-electron chi connectivity index (χ1n) is 5.96. The third-order valence-corrected chi connectivity index (χ3v) is 4.79. The van der Waals surface area contributed by atoms with Crippen LogP contribution in [0.25, 0.3) is 0 Å². The van der Waals surface area contributed by atoms with Crippen LogP contribution in [0.5, 0.6) is 0 Å². The Balaban J connectivity index is 2.26. The van der Waals surface area contributed by atoms with E-state index in [2.05, 4.69) is 0 Å². The van der Waals surface area contributed by atoms with Gasteiger partial charge in [0.05, 0.1) is 4.90 Å². The van der Waals surface area contributed by atoms with Gasteiger partial charge in [-0.25, -0.2) is 12.8 Å². The van der Waals surface area contributed by atoms with Crippen LogP contribution in [0.3, 0.4) is 0 Å². The molecule has 0 amide bonds. The first kappa shape index (κ1) is 14.5. The molecule has 0 heterocycles. The number of nitrogen functional groups attached to an aromatic ring is 1. The summed E-state index contributed by atoms with van der Waals surface area (Å²) in [5.74, 6) is -0.473. The number of nitrogens with two attached hydrogens (primary N) is 1. The van der Waals surface area contributed by atoms with Crippen molar-refractivity contribution in [3.8, 4) is 0 Å². The van der Waals surface area contributed by atoms with Crippen molar-refractivity contribution in [2.45, 2.75) is 11.4 Å². The fourth-order valence-corrected chi connectivity index (χ4v) is 2.94. The second-order valence-electron chi connectivity index (χ2n) is 4.41. The molecule has 0 spiro atoms. The van der Waals surface area contributed by atoms with Crippen LogP contribution in [0, 0.1) is 5.82 Å². The van der Waals surface area contributed by atoms with Gasteiger partial charge in [0.15, 0.2) is 0 Å². The van der Waals surface area contributed by atoms with Gasteiger partial charge in [-0.1, -0.05) is 18.2 Å². The topological polar surface area (TPSA) is 63.4 Å². The molecule has 0 bridgehead atoms. The Hall–Kier alpha value is -1.92. The number of halogens is 1. The van der Waals surface area contributed by atoms with Gasteiger partial charge in [-0.2, -0.15) is 4.31 Å². The standard InChI is InChI=1S/C14H15FN2O2S/c1-17(10-11-4-2-3-5-14(11)16)20(18,19)13-8-6-12(15)7-9-13/h2-9H,10,16H2,1H3. The zero-order valence-corrected chi connectivity index (χ0v) is 11.8. The van der Waals surface area contributed by atoms with Gasteiger partial charge in [-0.05, 0) is 35.9 Å². The van der Waals surface area contributed by atoms with Gasteiger partial charge in [-0.15, -0.1) is 0 Å². The van der Waals surface area contributed by atoms with Crippen molar-refractivity contribution in [1.82, 2.24) is 4.31 Å². The Kier molecular flexibility index (Phi) is 4.06. The molecule has 2 N–H and O–H groups in total. The van der Waals surface area contributed by atoms with E-state index in [4.69, 9.17) is 5.73 Å². The van der Waals surface area contributed by atoms with E-state index >= 15 is 0 Å². The van der Waals surface area contributed by atoms with Gasteiger partial charge in [0.2, 0.25) is 10.0 Å². The van der Waals surface area contributed by atoms with Crippen molar-refractivity contribution in [2.75, 3.05) is 12.8 Å². The molecule has 0 unspecified atom stereocenters. The molecule has 0 fully saturated rings. The molecule has 20 heavy (non-hydrogen) atoms. The largest absolute Gasteiger partial charge is 0.398 e. The molecular weight excluding hydrogens is 279 g/mol. The molecular formula is C14H15FN2O2S. The molecule has 2 aromatic rings. The Morgan fingerprint density at radius 2 is 1.70 bits per heavy atom. The summed E-state index contributed by atoms with van der Waals surface area (Å²) in [6, 6.07) is 11.8. The average molecular weight is 294 g/mol. The minimum absolute atomic E-state index is 0.0518. The van der Waals surface area contributed by atoms with Gasteiger partial charge in [0.25, 0.3) is 0 Å². The molecule has 0 aliphatic carbocycles. The molecule has 6 heteroatoms. The second kappa shape index (κ2) is 5.60. The molecule has 0 aliphatic heterocycles. The van der Waals surface area contributed by atoms with Gasteiger partial charge >= 0.3 is 0 Å². The van der Waals surface area contributed by atoms with Crippen molar-refractivity contribution in [3.63, 3.8) is 0 Å². The summed E-state index contributed by atoms with van der Waals surface area (Å²) >= 11 is 0. The van der Waals surface area contributed by atoms with Crippen LogP contribution in [-0.2, 0) is 16.6 Å². The second-order valence-corrected chi connectivity index (χ2v) is 6.46. The molecule has 0 radical (unpaired) electrons. The molecule has 0 aromatic heterocycles. The van der Waals surface area contributed by atoms with Crippen molar-refractivity contribution in [2.24, 2.45) is 0 Å². The lowest BCUT2D eigenvalue weighted by Crippen LogP contribution is -2.26. The van der Waals surface area contributed by atoms with Gasteiger partial charge in [-0.3, -0.25) is 0 Å². The Labute approximate surface area is 117 Å². The molecule has 106 valence electrons. The minimum atomic E-state index is -3.66. The molecule has 0 saturated heterocycles. The summed E-state index contributed by atoms with van der Waals surface area (Å²) in [7, 11) is -2.20. The molecule has 0 aliphatic rings. The van der Waals surface area contributed by atoms with Gasteiger partial charge < -0.3 is 5.73 Å². The average Bonchev–Trinajstić information content (AvgIpc) is 2.41. The molecule has 2 aromatic carbocycles. The van der Waals surface area contributed by atoms with E-state index in [1.54, 1.807) is 24.3 Å². The van der Waals surface area contributed by atoms with Crippen molar-refractivity contribution < 1.29 is 12.8 Å². The summed E-state index contributed by atoms with van der Waals surface area (Å²) in [6.45, 7) is 0.159. The Bertz CT molecular complexity index is 699. The van der Waals surface area contributed by atoms with Crippen LogP contribution in [0.2, 0.25) is 0 Å². The quantitative estimate of drug-likeness (QED) is 0.880. The van der Waals surface area contributed by atoms with Crippen molar-refractivity contribution in [3.05, 3.63) is 59.9 Å². The first-order valence-corrected chi connectivity index (χ1v) is 7.40. The lowest BCUT2D eigenvalue weighted by Gasteiger charge is -2.18. The summed E-state index contributed by atoms with van der Waals surface area (Å²) < 4.78 is 38.7. The SMILES string of the molecule is CN(Cc1ccccc1N)S(=O)(=O)c1ccc(F)cc1. The number of benzene rings is 2.